The highest BCUT2D eigenvalue weighted by molar-refractivity contribution is 5.93. The Kier molecular flexibility index (Phi) is 7.18. The number of aromatic nitrogens is 2. The normalized spacial score (nSPS) is 18.1. The van der Waals surface area contributed by atoms with Crippen LogP contribution in [0.1, 0.15) is 64.3 Å². The maximum atomic E-state index is 13.3. The Bertz CT molecular complexity index is 1210. The van der Waals surface area contributed by atoms with Crippen LogP contribution < -0.4 is 5.32 Å². The third-order valence-electron chi connectivity index (χ3n) is 7.43. The molecule has 7 heteroatoms. The van der Waals surface area contributed by atoms with E-state index < -0.39 is 0 Å². The van der Waals surface area contributed by atoms with Gasteiger partial charge in [-0.1, -0.05) is 61.0 Å². The van der Waals surface area contributed by atoms with Crippen molar-refractivity contribution in [3.63, 3.8) is 0 Å². The van der Waals surface area contributed by atoms with E-state index in [2.05, 4.69) is 72.7 Å². The Labute approximate surface area is 212 Å². The van der Waals surface area contributed by atoms with E-state index in [1.165, 1.54) is 11.1 Å². The summed E-state index contributed by atoms with van der Waals surface area (Å²) in [6, 6.07) is 16.7. The summed E-state index contributed by atoms with van der Waals surface area (Å²) in [6.07, 6.45) is 4.03. The van der Waals surface area contributed by atoms with Crippen molar-refractivity contribution in [2.24, 2.45) is 5.92 Å². The van der Waals surface area contributed by atoms with Gasteiger partial charge in [-0.3, -0.25) is 9.59 Å². The lowest BCUT2D eigenvalue weighted by Crippen LogP contribution is -2.43. The van der Waals surface area contributed by atoms with Crippen molar-refractivity contribution in [1.82, 2.24) is 19.8 Å². The van der Waals surface area contributed by atoms with Crippen molar-refractivity contribution < 1.29 is 14.3 Å². The maximum Gasteiger partial charge on any atom is 0.274 e. The zero-order valence-electron chi connectivity index (χ0n) is 21.1. The van der Waals surface area contributed by atoms with Gasteiger partial charge in [-0.2, -0.15) is 0 Å². The number of carbonyl (C=O) groups excluding carboxylic acids is 2. The fourth-order valence-electron chi connectivity index (χ4n) is 5.01. The SMILES string of the molecule is CCc1ccc(CNC(=O)C2CCN(C(=O)c3ncn4c3COC(c3ccc(C)cc3)C4)CC2)cc1. The molecule has 1 unspecified atom stereocenters. The highest BCUT2D eigenvalue weighted by Gasteiger charge is 2.32. The molecule has 7 nitrogen and oxygen atoms in total. The van der Waals surface area contributed by atoms with E-state index in [-0.39, 0.29) is 23.8 Å². The number of likely N-dealkylation sites (tertiary alicyclic amines) is 1. The predicted molar refractivity (Wildman–Crippen MR) is 137 cm³/mol. The molecule has 1 aromatic heterocycles. The molecule has 0 radical (unpaired) electrons. The summed E-state index contributed by atoms with van der Waals surface area (Å²) < 4.78 is 8.14. The molecule has 2 aromatic carbocycles. The van der Waals surface area contributed by atoms with E-state index in [1.807, 2.05) is 9.47 Å². The number of fused-ring (bicyclic) bond motifs is 1. The van der Waals surface area contributed by atoms with E-state index in [1.54, 1.807) is 6.33 Å². The van der Waals surface area contributed by atoms with Gasteiger partial charge in [0.05, 0.1) is 25.2 Å². The van der Waals surface area contributed by atoms with Crippen LogP contribution in [0.25, 0.3) is 0 Å². The fraction of sp³-hybridized carbons (Fsp3) is 0.414. The molecule has 2 aliphatic heterocycles. The minimum Gasteiger partial charge on any atom is -0.365 e. The summed E-state index contributed by atoms with van der Waals surface area (Å²) in [5.74, 6) is -0.0777. The molecule has 0 spiro atoms. The average molecular weight is 487 g/mol. The lowest BCUT2D eigenvalue weighted by molar-refractivity contribution is -0.126. The van der Waals surface area contributed by atoms with Crippen LogP contribution in [0.4, 0.5) is 0 Å². The van der Waals surface area contributed by atoms with Crippen molar-refractivity contribution >= 4 is 11.8 Å². The molecule has 2 aliphatic rings. The van der Waals surface area contributed by atoms with Crippen LogP contribution in [0, 0.1) is 12.8 Å². The summed E-state index contributed by atoms with van der Waals surface area (Å²) in [6.45, 7) is 6.85. The van der Waals surface area contributed by atoms with Gasteiger partial charge in [0.2, 0.25) is 5.91 Å². The van der Waals surface area contributed by atoms with E-state index in [0.717, 1.165) is 23.2 Å². The number of carbonyl (C=O) groups is 2. The standard InChI is InChI=1S/C29H34N4O3/c1-3-21-6-8-22(9-7-21)16-30-28(34)24-12-14-32(15-13-24)29(35)27-25-18-36-26(17-33(25)19-31-27)23-10-4-20(2)5-11-23/h4-11,19,24,26H,3,12-18H2,1-2H3,(H,30,34). The molecule has 2 amide bonds. The number of ether oxygens (including phenoxy) is 1. The van der Waals surface area contributed by atoms with Crippen molar-refractivity contribution in [3.05, 3.63) is 88.5 Å². The Balaban J connectivity index is 1.14. The number of hydrogen-bond acceptors (Lipinski definition) is 4. The van der Waals surface area contributed by atoms with Crippen LogP contribution in [0.3, 0.4) is 0 Å². The number of amides is 2. The summed E-state index contributed by atoms with van der Waals surface area (Å²) in [4.78, 5) is 32.2. The van der Waals surface area contributed by atoms with Crippen molar-refractivity contribution in [1.29, 1.82) is 0 Å². The minimum atomic E-state index is -0.0731. The van der Waals surface area contributed by atoms with Gasteiger partial charge >= 0.3 is 0 Å². The molecule has 3 heterocycles. The summed E-state index contributed by atoms with van der Waals surface area (Å²) in [5, 5.41) is 3.06. The highest BCUT2D eigenvalue weighted by Crippen LogP contribution is 2.29. The molecule has 1 fully saturated rings. The molecular formula is C29H34N4O3. The second kappa shape index (κ2) is 10.7. The summed E-state index contributed by atoms with van der Waals surface area (Å²) in [7, 11) is 0. The van der Waals surface area contributed by atoms with Crippen molar-refractivity contribution in [2.75, 3.05) is 13.1 Å². The van der Waals surface area contributed by atoms with E-state index >= 15 is 0 Å². The number of nitrogens with one attached hydrogen (secondary N) is 1. The van der Waals surface area contributed by atoms with Crippen LogP contribution in [0.15, 0.2) is 54.9 Å². The van der Waals surface area contributed by atoms with Gasteiger partial charge in [-0.25, -0.2) is 4.98 Å². The largest absolute Gasteiger partial charge is 0.365 e. The number of piperidine rings is 1. The molecule has 1 saturated heterocycles. The molecule has 1 N–H and O–H groups in total. The third kappa shape index (κ3) is 5.21. The van der Waals surface area contributed by atoms with Crippen molar-refractivity contribution in [3.8, 4) is 0 Å². The minimum absolute atomic E-state index is 0.0471. The molecule has 3 aromatic rings. The first kappa shape index (κ1) is 24.3. The summed E-state index contributed by atoms with van der Waals surface area (Å²) >= 11 is 0. The van der Waals surface area contributed by atoms with Crippen LogP contribution in [0.2, 0.25) is 0 Å². The molecule has 5 rings (SSSR count). The number of rotatable bonds is 6. The second-order valence-electron chi connectivity index (χ2n) is 9.86. The monoisotopic (exact) mass is 486 g/mol. The van der Waals surface area contributed by atoms with Gasteiger partial charge in [-0.05, 0) is 42.9 Å². The zero-order valence-corrected chi connectivity index (χ0v) is 21.1. The second-order valence-corrected chi connectivity index (χ2v) is 9.86. The third-order valence-corrected chi connectivity index (χ3v) is 7.43. The van der Waals surface area contributed by atoms with Crippen LogP contribution in [0.5, 0.6) is 0 Å². The molecule has 0 bridgehead atoms. The Morgan fingerprint density at radius 3 is 2.42 bits per heavy atom. The van der Waals surface area contributed by atoms with Gasteiger partial charge in [-0.15, -0.1) is 0 Å². The topological polar surface area (TPSA) is 76.5 Å². The zero-order chi connectivity index (χ0) is 25.1. The average Bonchev–Trinajstić information content (AvgIpc) is 3.35. The number of nitrogens with zero attached hydrogens (tertiary/aromatic N) is 3. The molecular weight excluding hydrogens is 452 g/mol. The Morgan fingerprint density at radius 2 is 1.72 bits per heavy atom. The quantitative estimate of drug-likeness (QED) is 0.567. The molecule has 1 atom stereocenters. The van der Waals surface area contributed by atoms with Crippen LogP contribution in [-0.4, -0.2) is 39.4 Å². The number of aryl methyl sites for hydroxylation is 2. The van der Waals surface area contributed by atoms with Gasteiger partial charge in [0, 0.05) is 25.6 Å². The first-order chi connectivity index (χ1) is 17.5. The first-order valence-corrected chi connectivity index (χ1v) is 12.9. The Hall–Kier alpha value is -3.45. The van der Waals surface area contributed by atoms with E-state index in [9.17, 15) is 9.59 Å². The van der Waals surface area contributed by atoms with Gasteiger partial charge < -0.3 is 19.5 Å². The lowest BCUT2D eigenvalue weighted by Gasteiger charge is -2.31. The van der Waals surface area contributed by atoms with Crippen molar-refractivity contribution in [2.45, 2.75) is 58.9 Å². The number of benzene rings is 2. The Morgan fingerprint density at radius 1 is 1.03 bits per heavy atom. The smallest absolute Gasteiger partial charge is 0.274 e. The fourth-order valence-corrected chi connectivity index (χ4v) is 5.01. The predicted octanol–water partition coefficient (Wildman–Crippen LogP) is 4.19. The van der Waals surface area contributed by atoms with E-state index in [0.29, 0.717) is 51.3 Å². The van der Waals surface area contributed by atoms with Crippen LogP contribution >= 0.6 is 0 Å². The summed E-state index contributed by atoms with van der Waals surface area (Å²) in [5.41, 5.74) is 6.04. The van der Waals surface area contributed by atoms with Gasteiger partial charge in [0.1, 0.15) is 6.10 Å². The molecule has 0 saturated carbocycles. The van der Waals surface area contributed by atoms with Crippen LogP contribution in [-0.2, 0) is 35.6 Å². The maximum absolute atomic E-state index is 13.3. The molecule has 188 valence electrons. The lowest BCUT2D eigenvalue weighted by atomic mass is 9.95. The molecule has 36 heavy (non-hydrogen) atoms. The number of hydrogen-bond donors (Lipinski definition) is 1. The highest BCUT2D eigenvalue weighted by atomic mass is 16.5. The first-order valence-electron chi connectivity index (χ1n) is 12.9. The van der Waals surface area contributed by atoms with E-state index in [4.69, 9.17) is 4.74 Å². The van der Waals surface area contributed by atoms with Gasteiger partial charge in [0.25, 0.3) is 5.91 Å². The number of imidazole rings is 1. The van der Waals surface area contributed by atoms with Gasteiger partial charge in [0.15, 0.2) is 5.69 Å². The molecule has 0 aliphatic carbocycles.